The fourth-order valence-corrected chi connectivity index (χ4v) is 2.54. The zero-order valence-corrected chi connectivity index (χ0v) is 11.1. The van der Waals surface area contributed by atoms with Gasteiger partial charge in [0.05, 0.1) is 6.26 Å². The number of hydrogen-bond acceptors (Lipinski definition) is 4. The first-order chi connectivity index (χ1) is 8.79. The summed E-state index contributed by atoms with van der Waals surface area (Å²) in [5.41, 5.74) is 0. The number of hydrogen-bond donors (Lipinski definition) is 2. The molecule has 4 heteroatoms. The van der Waals surface area contributed by atoms with Gasteiger partial charge in [-0.2, -0.15) is 0 Å². The Kier molecular flexibility index (Phi) is 5.23. The van der Waals surface area contributed by atoms with E-state index in [9.17, 15) is 5.11 Å². The molecule has 2 heterocycles. The monoisotopic (exact) mass is 252 g/mol. The maximum absolute atomic E-state index is 9.91. The van der Waals surface area contributed by atoms with Crippen LogP contribution in [0.15, 0.2) is 22.8 Å². The van der Waals surface area contributed by atoms with Crippen LogP contribution in [0.25, 0.3) is 0 Å². The number of aliphatic hydroxyl groups is 1. The number of likely N-dealkylation sites (tertiary alicyclic amines) is 1. The van der Waals surface area contributed by atoms with Crippen LogP contribution in [0.4, 0.5) is 0 Å². The summed E-state index contributed by atoms with van der Waals surface area (Å²) in [6, 6.07) is 4.15. The van der Waals surface area contributed by atoms with Crippen molar-refractivity contribution in [3.63, 3.8) is 0 Å². The number of rotatable bonds is 6. The molecule has 0 spiro atoms. The lowest BCUT2D eigenvalue weighted by atomic mass is 10.0. The Morgan fingerprint density at radius 1 is 1.50 bits per heavy atom. The maximum atomic E-state index is 9.91. The molecule has 0 bridgehead atoms. The van der Waals surface area contributed by atoms with Gasteiger partial charge < -0.3 is 19.7 Å². The second kappa shape index (κ2) is 6.92. The Bertz CT molecular complexity index is 319. The molecule has 0 aromatic carbocycles. The van der Waals surface area contributed by atoms with Crippen molar-refractivity contribution in [1.82, 2.24) is 10.2 Å². The van der Waals surface area contributed by atoms with Gasteiger partial charge in [0.2, 0.25) is 0 Å². The number of nitrogens with zero attached hydrogens (tertiary/aromatic N) is 1. The minimum absolute atomic E-state index is 0.530. The number of aliphatic hydroxyl groups excluding tert-OH is 1. The van der Waals surface area contributed by atoms with E-state index >= 15 is 0 Å². The third kappa shape index (κ3) is 3.83. The Balaban J connectivity index is 1.66. The van der Waals surface area contributed by atoms with Crippen molar-refractivity contribution >= 4 is 0 Å². The van der Waals surface area contributed by atoms with E-state index in [0.29, 0.717) is 18.3 Å². The van der Waals surface area contributed by atoms with Crippen LogP contribution in [-0.2, 0) is 0 Å². The van der Waals surface area contributed by atoms with Crippen molar-refractivity contribution in [2.24, 2.45) is 0 Å². The van der Waals surface area contributed by atoms with Gasteiger partial charge in [0.15, 0.2) is 0 Å². The highest BCUT2D eigenvalue weighted by molar-refractivity contribution is 5.02. The predicted octanol–water partition coefficient (Wildman–Crippen LogP) is 1.78. The van der Waals surface area contributed by atoms with Gasteiger partial charge >= 0.3 is 0 Å². The van der Waals surface area contributed by atoms with E-state index in [1.54, 1.807) is 6.26 Å². The molecule has 0 radical (unpaired) electrons. The molecular weight excluding hydrogens is 228 g/mol. The fraction of sp³-hybridized carbons (Fsp3) is 0.714. The van der Waals surface area contributed by atoms with Gasteiger partial charge in [0.25, 0.3) is 0 Å². The molecule has 0 aliphatic carbocycles. The molecule has 1 atom stereocenters. The van der Waals surface area contributed by atoms with Gasteiger partial charge in [-0.3, -0.25) is 0 Å². The Morgan fingerprint density at radius 3 is 2.89 bits per heavy atom. The summed E-state index contributed by atoms with van der Waals surface area (Å²) in [7, 11) is 0. The molecule has 1 aliphatic heterocycles. The molecule has 1 aromatic rings. The van der Waals surface area contributed by atoms with Crippen LogP contribution in [0.3, 0.4) is 0 Å². The van der Waals surface area contributed by atoms with Crippen LogP contribution < -0.4 is 5.32 Å². The molecule has 4 nitrogen and oxygen atoms in total. The van der Waals surface area contributed by atoms with Crippen LogP contribution >= 0.6 is 0 Å². The highest BCUT2D eigenvalue weighted by Gasteiger charge is 2.19. The standard InChI is InChI=1S/C14H24N2O2/c1-2-7-16-8-5-12(6-9-16)15-11-13(17)14-4-3-10-18-14/h3-4,10,12-13,15,17H,2,5-9,11H2,1H3. The van der Waals surface area contributed by atoms with Crippen LogP contribution in [0, 0.1) is 0 Å². The Morgan fingerprint density at radius 2 is 2.28 bits per heavy atom. The SMILES string of the molecule is CCCN1CCC(NCC(O)c2ccco2)CC1. The lowest BCUT2D eigenvalue weighted by Crippen LogP contribution is -2.43. The lowest BCUT2D eigenvalue weighted by molar-refractivity contribution is 0.132. The molecule has 1 aromatic heterocycles. The Hall–Kier alpha value is -0.840. The molecule has 0 amide bonds. The normalized spacial score (nSPS) is 20.1. The topological polar surface area (TPSA) is 48.6 Å². The van der Waals surface area contributed by atoms with Crippen molar-refractivity contribution in [1.29, 1.82) is 0 Å². The quantitative estimate of drug-likeness (QED) is 0.810. The average molecular weight is 252 g/mol. The van der Waals surface area contributed by atoms with Crippen LogP contribution in [0.1, 0.15) is 38.1 Å². The highest BCUT2D eigenvalue weighted by Crippen LogP contribution is 2.14. The van der Waals surface area contributed by atoms with E-state index in [1.165, 1.54) is 38.9 Å². The third-order valence-electron chi connectivity index (χ3n) is 3.60. The molecule has 1 saturated heterocycles. The van der Waals surface area contributed by atoms with E-state index < -0.39 is 6.10 Å². The van der Waals surface area contributed by atoms with Gasteiger partial charge in [0.1, 0.15) is 11.9 Å². The molecule has 1 fully saturated rings. The second-order valence-electron chi connectivity index (χ2n) is 5.06. The van der Waals surface area contributed by atoms with Gasteiger partial charge in [-0.15, -0.1) is 0 Å². The zero-order chi connectivity index (χ0) is 12.8. The zero-order valence-electron chi connectivity index (χ0n) is 11.1. The Labute approximate surface area is 109 Å². The van der Waals surface area contributed by atoms with Crippen molar-refractivity contribution < 1.29 is 9.52 Å². The first kappa shape index (κ1) is 13.6. The van der Waals surface area contributed by atoms with E-state index in [-0.39, 0.29) is 0 Å². The van der Waals surface area contributed by atoms with E-state index in [1.807, 2.05) is 12.1 Å². The second-order valence-corrected chi connectivity index (χ2v) is 5.06. The largest absolute Gasteiger partial charge is 0.467 e. The molecule has 2 rings (SSSR count). The minimum atomic E-state index is -0.534. The summed E-state index contributed by atoms with van der Waals surface area (Å²) in [6.45, 7) is 6.35. The summed E-state index contributed by atoms with van der Waals surface area (Å²) in [5.74, 6) is 0.644. The van der Waals surface area contributed by atoms with Crippen LogP contribution in [-0.4, -0.2) is 42.2 Å². The summed E-state index contributed by atoms with van der Waals surface area (Å²) in [5, 5.41) is 13.3. The van der Waals surface area contributed by atoms with Gasteiger partial charge in [0, 0.05) is 12.6 Å². The van der Waals surface area contributed by atoms with Crippen molar-refractivity contribution in [2.75, 3.05) is 26.2 Å². The van der Waals surface area contributed by atoms with Gasteiger partial charge in [-0.25, -0.2) is 0 Å². The van der Waals surface area contributed by atoms with Crippen molar-refractivity contribution in [2.45, 2.75) is 38.3 Å². The number of furan rings is 1. The molecular formula is C14H24N2O2. The minimum Gasteiger partial charge on any atom is -0.467 e. The van der Waals surface area contributed by atoms with Crippen LogP contribution in [0.5, 0.6) is 0 Å². The van der Waals surface area contributed by atoms with Gasteiger partial charge in [-0.05, 0) is 51.0 Å². The first-order valence-corrected chi connectivity index (χ1v) is 6.96. The molecule has 18 heavy (non-hydrogen) atoms. The van der Waals surface area contributed by atoms with E-state index in [2.05, 4.69) is 17.1 Å². The molecule has 1 aliphatic rings. The summed E-state index contributed by atoms with van der Waals surface area (Å²) in [4.78, 5) is 2.52. The van der Waals surface area contributed by atoms with E-state index in [4.69, 9.17) is 4.42 Å². The molecule has 1 unspecified atom stereocenters. The number of nitrogens with one attached hydrogen (secondary N) is 1. The fourth-order valence-electron chi connectivity index (χ4n) is 2.54. The molecule has 2 N–H and O–H groups in total. The average Bonchev–Trinajstić information content (AvgIpc) is 2.92. The van der Waals surface area contributed by atoms with E-state index in [0.717, 1.165) is 0 Å². The van der Waals surface area contributed by atoms with Crippen LogP contribution in [0.2, 0.25) is 0 Å². The predicted molar refractivity (Wildman–Crippen MR) is 71.4 cm³/mol. The van der Waals surface area contributed by atoms with Crippen molar-refractivity contribution in [3.05, 3.63) is 24.2 Å². The smallest absolute Gasteiger partial charge is 0.133 e. The summed E-state index contributed by atoms with van der Waals surface area (Å²) < 4.78 is 5.19. The summed E-state index contributed by atoms with van der Waals surface area (Å²) in [6.07, 6.45) is 4.64. The molecule has 0 saturated carbocycles. The van der Waals surface area contributed by atoms with Gasteiger partial charge in [-0.1, -0.05) is 6.92 Å². The highest BCUT2D eigenvalue weighted by atomic mass is 16.4. The lowest BCUT2D eigenvalue weighted by Gasteiger charge is -2.32. The number of piperidine rings is 1. The first-order valence-electron chi connectivity index (χ1n) is 6.96. The molecule has 102 valence electrons. The third-order valence-corrected chi connectivity index (χ3v) is 3.60. The maximum Gasteiger partial charge on any atom is 0.133 e. The summed E-state index contributed by atoms with van der Waals surface area (Å²) >= 11 is 0. The van der Waals surface area contributed by atoms with Crippen molar-refractivity contribution in [3.8, 4) is 0 Å².